The van der Waals surface area contributed by atoms with E-state index >= 15 is 0 Å². The van der Waals surface area contributed by atoms with Crippen LogP contribution in [0.25, 0.3) is 0 Å². The fraction of sp³-hybridized carbons (Fsp3) is 0.316. The van der Waals surface area contributed by atoms with Crippen LogP contribution in [0.15, 0.2) is 53.4 Å². The molecule has 126 valence electrons. The maximum absolute atomic E-state index is 12.6. The Morgan fingerprint density at radius 2 is 1.75 bits per heavy atom. The number of carbonyl (C=O) groups excluding carboxylic acids is 1. The highest BCUT2D eigenvalue weighted by molar-refractivity contribution is 7.98. The molecule has 4 nitrogen and oxygen atoms in total. The first-order valence-electron chi connectivity index (χ1n) is 8.28. The molecule has 2 aromatic rings. The number of benzene rings is 2. The number of piperazine rings is 1. The van der Waals surface area contributed by atoms with Crippen LogP contribution in [0.4, 0.5) is 11.4 Å². The SMILES string of the molecule is CSc1ccc(C(=O)Nc2ccccc2N2CC[NH+](C)CC2)cc1. The van der Waals surface area contributed by atoms with Crippen molar-refractivity contribution >= 4 is 29.0 Å². The number of rotatable bonds is 4. The Bertz CT molecular complexity index is 694. The maximum atomic E-state index is 12.6. The van der Waals surface area contributed by atoms with Crippen LogP contribution in [-0.2, 0) is 0 Å². The highest BCUT2D eigenvalue weighted by Crippen LogP contribution is 2.26. The zero-order chi connectivity index (χ0) is 16.9. The van der Waals surface area contributed by atoms with Gasteiger partial charge in [0.15, 0.2) is 0 Å². The molecule has 1 amide bonds. The first-order valence-corrected chi connectivity index (χ1v) is 9.50. The summed E-state index contributed by atoms with van der Waals surface area (Å²) in [6, 6.07) is 15.8. The van der Waals surface area contributed by atoms with Gasteiger partial charge in [0.25, 0.3) is 5.91 Å². The number of carbonyl (C=O) groups is 1. The predicted molar refractivity (Wildman–Crippen MR) is 101 cm³/mol. The number of para-hydroxylation sites is 2. The smallest absolute Gasteiger partial charge is 0.255 e. The van der Waals surface area contributed by atoms with Crippen LogP contribution in [0.5, 0.6) is 0 Å². The number of hydrogen-bond acceptors (Lipinski definition) is 3. The van der Waals surface area contributed by atoms with E-state index in [1.54, 1.807) is 16.7 Å². The van der Waals surface area contributed by atoms with Gasteiger partial charge in [0.05, 0.1) is 44.6 Å². The molecule has 0 atom stereocenters. The van der Waals surface area contributed by atoms with Crippen molar-refractivity contribution in [3.8, 4) is 0 Å². The normalized spacial score (nSPS) is 15.3. The Balaban J connectivity index is 1.75. The second-order valence-electron chi connectivity index (χ2n) is 6.14. The van der Waals surface area contributed by atoms with E-state index in [9.17, 15) is 4.79 Å². The molecule has 0 saturated carbocycles. The summed E-state index contributed by atoms with van der Waals surface area (Å²) < 4.78 is 0. The van der Waals surface area contributed by atoms with Crippen molar-refractivity contribution in [3.63, 3.8) is 0 Å². The lowest BCUT2D eigenvalue weighted by Gasteiger charge is -2.33. The molecule has 0 spiro atoms. The van der Waals surface area contributed by atoms with Crippen molar-refractivity contribution in [1.82, 2.24) is 0 Å². The van der Waals surface area contributed by atoms with Crippen LogP contribution in [0.3, 0.4) is 0 Å². The highest BCUT2D eigenvalue weighted by atomic mass is 32.2. The van der Waals surface area contributed by atoms with Crippen molar-refractivity contribution in [2.75, 3.05) is 49.7 Å². The zero-order valence-corrected chi connectivity index (χ0v) is 15.0. The van der Waals surface area contributed by atoms with Gasteiger partial charge in [0, 0.05) is 10.5 Å². The van der Waals surface area contributed by atoms with Crippen LogP contribution >= 0.6 is 11.8 Å². The Labute approximate surface area is 147 Å². The zero-order valence-electron chi connectivity index (χ0n) is 14.2. The topological polar surface area (TPSA) is 36.8 Å². The van der Waals surface area contributed by atoms with Crippen LogP contribution < -0.4 is 15.1 Å². The van der Waals surface area contributed by atoms with Crippen LogP contribution in [0, 0.1) is 0 Å². The quantitative estimate of drug-likeness (QED) is 0.835. The molecule has 0 unspecified atom stereocenters. The van der Waals surface area contributed by atoms with E-state index in [0.29, 0.717) is 5.56 Å². The number of nitrogens with zero attached hydrogens (tertiary/aromatic N) is 1. The Hall–Kier alpha value is -1.98. The lowest BCUT2D eigenvalue weighted by molar-refractivity contribution is -0.880. The first-order chi connectivity index (χ1) is 11.7. The number of anilines is 2. The second-order valence-corrected chi connectivity index (χ2v) is 7.02. The molecule has 0 aromatic heterocycles. The van der Waals surface area contributed by atoms with Gasteiger partial charge in [-0.05, 0) is 42.7 Å². The molecule has 5 heteroatoms. The fourth-order valence-electron chi connectivity index (χ4n) is 2.92. The van der Waals surface area contributed by atoms with Gasteiger partial charge in [0.2, 0.25) is 0 Å². The average molecular weight is 342 g/mol. The molecule has 0 radical (unpaired) electrons. The molecule has 1 aliphatic heterocycles. The first kappa shape index (κ1) is 16.9. The highest BCUT2D eigenvalue weighted by Gasteiger charge is 2.20. The Kier molecular flexibility index (Phi) is 5.43. The van der Waals surface area contributed by atoms with E-state index in [1.165, 1.54) is 0 Å². The number of likely N-dealkylation sites (N-methyl/N-ethyl adjacent to an activating group) is 1. The number of hydrogen-bond donors (Lipinski definition) is 2. The Morgan fingerprint density at radius 1 is 1.08 bits per heavy atom. The minimum atomic E-state index is -0.0603. The molecule has 1 heterocycles. The minimum Gasteiger partial charge on any atom is -0.359 e. The summed E-state index contributed by atoms with van der Waals surface area (Å²) in [5, 5.41) is 3.08. The molecule has 3 rings (SSSR count). The third-order valence-electron chi connectivity index (χ3n) is 4.46. The van der Waals surface area contributed by atoms with Gasteiger partial charge in [0.1, 0.15) is 0 Å². The summed E-state index contributed by atoms with van der Waals surface area (Å²) in [6.07, 6.45) is 2.03. The van der Waals surface area contributed by atoms with Gasteiger partial charge < -0.3 is 15.1 Å². The lowest BCUT2D eigenvalue weighted by Crippen LogP contribution is -3.12. The number of quaternary nitrogens is 1. The van der Waals surface area contributed by atoms with Crippen LogP contribution in [-0.4, -0.2) is 45.4 Å². The number of amides is 1. The molecular weight excluding hydrogens is 318 g/mol. The average Bonchev–Trinajstić information content (AvgIpc) is 2.63. The standard InChI is InChI=1S/C19H23N3OS/c1-21-11-13-22(14-12-21)18-6-4-3-5-17(18)20-19(23)15-7-9-16(24-2)10-8-15/h3-10H,11-14H2,1-2H3,(H,20,23)/p+1. The molecule has 0 aliphatic carbocycles. The van der Waals surface area contributed by atoms with E-state index < -0.39 is 0 Å². The van der Waals surface area contributed by atoms with Crippen molar-refractivity contribution in [2.24, 2.45) is 0 Å². The Morgan fingerprint density at radius 3 is 2.42 bits per heavy atom. The monoisotopic (exact) mass is 342 g/mol. The van der Waals surface area contributed by atoms with Crippen LogP contribution in [0.1, 0.15) is 10.4 Å². The predicted octanol–water partition coefficient (Wildman–Crippen LogP) is 2.00. The maximum Gasteiger partial charge on any atom is 0.255 e. The number of nitrogens with one attached hydrogen (secondary N) is 2. The molecule has 0 bridgehead atoms. The largest absolute Gasteiger partial charge is 0.359 e. The summed E-state index contributed by atoms with van der Waals surface area (Å²) in [6.45, 7) is 4.28. The lowest BCUT2D eigenvalue weighted by atomic mass is 10.2. The molecule has 1 aliphatic rings. The molecule has 1 fully saturated rings. The van der Waals surface area contributed by atoms with Gasteiger partial charge in [-0.3, -0.25) is 4.79 Å². The molecule has 2 N–H and O–H groups in total. The van der Waals surface area contributed by atoms with E-state index in [1.807, 2.05) is 48.7 Å². The van der Waals surface area contributed by atoms with Crippen molar-refractivity contribution in [3.05, 3.63) is 54.1 Å². The van der Waals surface area contributed by atoms with Crippen molar-refractivity contribution in [2.45, 2.75) is 4.90 Å². The summed E-state index contributed by atoms with van der Waals surface area (Å²) in [5.41, 5.74) is 2.68. The van der Waals surface area contributed by atoms with Gasteiger partial charge in [-0.25, -0.2) is 0 Å². The third kappa shape index (κ3) is 3.91. The van der Waals surface area contributed by atoms with Gasteiger partial charge in [-0.15, -0.1) is 11.8 Å². The summed E-state index contributed by atoms with van der Waals surface area (Å²) in [4.78, 5) is 17.6. The number of thioether (sulfide) groups is 1. The fourth-order valence-corrected chi connectivity index (χ4v) is 3.33. The van der Waals surface area contributed by atoms with Gasteiger partial charge in [-0.1, -0.05) is 12.1 Å². The molecule has 24 heavy (non-hydrogen) atoms. The summed E-state index contributed by atoms with van der Waals surface area (Å²) in [7, 11) is 2.23. The third-order valence-corrected chi connectivity index (χ3v) is 5.21. The van der Waals surface area contributed by atoms with Gasteiger partial charge in [-0.2, -0.15) is 0 Å². The van der Waals surface area contributed by atoms with E-state index in [-0.39, 0.29) is 5.91 Å². The molecular formula is C19H24N3OS+. The summed E-state index contributed by atoms with van der Waals surface area (Å²) >= 11 is 1.67. The molecule has 2 aromatic carbocycles. The summed E-state index contributed by atoms with van der Waals surface area (Å²) in [5.74, 6) is -0.0603. The van der Waals surface area contributed by atoms with E-state index in [2.05, 4.69) is 23.3 Å². The van der Waals surface area contributed by atoms with Crippen molar-refractivity contribution in [1.29, 1.82) is 0 Å². The van der Waals surface area contributed by atoms with E-state index in [0.717, 1.165) is 42.4 Å². The van der Waals surface area contributed by atoms with Crippen molar-refractivity contribution < 1.29 is 9.69 Å². The van der Waals surface area contributed by atoms with E-state index in [4.69, 9.17) is 0 Å². The van der Waals surface area contributed by atoms with Crippen LogP contribution in [0.2, 0.25) is 0 Å². The second kappa shape index (κ2) is 7.73. The van der Waals surface area contributed by atoms with Gasteiger partial charge >= 0.3 is 0 Å². The minimum absolute atomic E-state index is 0.0603. The molecule has 1 saturated heterocycles.